The highest BCUT2D eigenvalue weighted by Gasteiger charge is 2.14. The third kappa shape index (κ3) is 2.34. The highest BCUT2D eigenvalue weighted by Crippen LogP contribution is 2.33. The van der Waals surface area contributed by atoms with Crippen molar-refractivity contribution in [3.8, 4) is 11.5 Å². The van der Waals surface area contributed by atoms with Crippen molar-refractivity contribution in [2.75, 3.05) is 6.79 Å². The van der Waals surface area contributed by atoms with Crippen molar-refractivity contribution in [2.45, 2.75) is 19.8 Å². The van der Waals surface area contributed by atoms with Gasteiger partial charge in [0.25, 0.3) is 0 Å². The number of hydrogen-bond donors (Lipinski definition) is 0. The van der Waals surface area contributed by atoms with Crippen molar-refractivity contribution in [1.29, 1.82) is 0 Å². The van der Waals surface area contributed by atoms with E-state index in [9.17, 15) is 0 Å². The molecule has 1 aliphatic rings. The first-order chi connectivity index (χ1) is 9.15. The van der Waals surface area contributed by atoms with Gasteiger partial charge in [0.05, 0.1) is 5.69 Å². The average molecular weight is 323 g/mol. The molecule has 19 heavy (non-hydrogen) atoms. The summed E-state index contributed by atoms with van der Waals surface area (Å²) in [6.45, 7) is 2.33. The Bertz CT molecular complexity index is 622. The van der Waals surface area contributed by atoms with Crippen LogP contribution >= 0.6 is 15.9 Å². The fourth-order valence-corrected chi connectivity index (χ4v) is 2.97. The van der Waals surface area contributed by atoms with Crippen molar-refractivity contribution >= 4 is 15.9 Å². The highest BCUT2D eigenvalue weighted by atomic mass is 79.9. The largest absolute Gasteiger partial charge is 0.454 e. The molecular formula is C14H15BrN2O2. The van der Waals surface area contributed by atoms with Crippen LogP contribution in [0, 0.1) is 6.92 Å². The van der Waals surface area contributed by atoms with Crippen LogP contribution in [0.3, 0.4) is 0 Å². The van der Waals surface area contributed by atoms with Crippen molar-refractivity contribution in [2.24, 2.45) is 7.05 Å². The van der Waals surface area contributed by atoms with Gasteiger partial charge in [-0.15, -0.1) is 0 Å². The quantitative estimate of drug-likeness (QED) is 0.871. The van der Waals surface area contributed by atoms with E-state index < -0.39 is 0 Å². The van der Waals surface area contributed by atoms with Gasteiger partial charge in [0, 0.05) is 7.05 Å². The Kier molecular flexibility index (Phi) is 3.22. The third-order valence-corrected chi connectivity index (χ3v) is 4.11. The number of rotatable bonds is 3. The van der Waals surface area contributed by atoms with Gasteiger partial charge >= 0.3 is 0 Å². The molecule has 0 atom stereocenters. The van der Waals surface area contributed by atoms with Gasteiger partial charge in [-0.05, 0) is 53.4 Å². The molecule has 0 saturated carbocycles. The fraction of sp³-hybridized carbons (Fsp3) is 0.357. The molecule has 0 radical (unpaired) electrons. The Morgan fingerprint density at radius 3 is 2.79 bits per heavy atom. The zero-order valence-electron chi connectivity index (χ0n) is 10.9. The van der Waals surface area contributed by atoms with Crippen LogP contribution in [0.1, 0.15) is 17.1 Å². The number of imidazole rings is 1. The molecule has 0 spiro atoms. The second kappa shape index (κ2) is 4.89. The summed E-state index contributed by atoms with van der Waals surface area (Å²) in [6.07, 6.45) is 1.89. The normalized spacial score (nSPS) is 13.0. The first-order valence-corrected chi connectivity index (χ1v) is 7.00. The molecule has 0 amide bonds. The summed E-state index contributed by atoms with van der Waals surface area (Å²) in [5, 5.41) is 0. The molecule has 0 bridgehead atoms. The number of ether oxygens (including phenoxy) is 2. The number of benzene rings is 1. The number of fused-ring (bicyclic) bond motifs is 1. The van der Waals surface area contributed by atoms with E-state index in [1.165, 1.54) is 11.3 Å². The maximum Gasteiger partial charge on any atom is 0.231 e. The van der Waals surface area contributed by atoms with Crippen LogP contribution in [-0.4, -0.2) is 16.3 Å². The molecule has 0 saturated heterocycles. The van der Waals surface area contributed by atoms with Crippen LogP contribution in [0.25, 0.3) is 0 Å². The Balaban J connectivity index is 1.76. The van der Waals surface area contributed by atoms with E-state index >= 15 is 0 Å². The first-order valence-electron chi connectivity index (χ1n) is 6.21. The number of aryl methyl sites for hydroxylation is 2. The second-order valence-corrected chi connectivity index (χ2v) is 5.39. The molecule has 2 aromatic rings. The SMILES string of the molecule is Cc1nc(Br)c(CCc2ccc3c(c2)OCO3)n1C. The summed E-state index contributed by atoms with van der Waals surface area (Å²) in [4.78, 5) is 4.42. The Morgan fingerprint density at radius 1 is 1.26 bits per heavy atom. The molecule has 0 unspecified atom stereocenters. The van der Waals surface area contributed by atoms with Crippen LogP contribution < -0.4 is 9.47 Å². The van der Waals surface area contributed by atoms with E-state index in [1.807, 2.05) is 20.0 Å². The van der Waals surface area contributed by atoms with Crippen LogP contribution in [-0.2, 0) is 19.9 Å². The summed E-state index contributed by atoms with van der Waals surface area (Å²) in [5.41, 5.74) is 2.46. The molecule has 1 aromatic heterocycles. The monoisotopic (exact) mass is 322 g/mol. The Labute approximate surface area is 120 Å². The molecule has 0 aliphatic carbocycles. The lowest BCUT2D eigenvalue weighted by molar-refractivity contribution is 0.174. The van der Waals surface area contributed by atoms with E-state index in [4.69, 9.17) is 9.47 Å². The summed E-state index contributed by atoms with van der Waals surface area (Å²) in [7, 11) is 2.04. The predicted molar refractivity (Wildman–Crippen MR) is 75.6 cm³/mol. The van der Waals surface area contributed by atoms with E-state index in [0.717, 1.165) is 34.8 Å². The van der Waals surface area contributed by atoms with Crippen LogP contribution in [0.15, 0.2) is 22.8 Å². The Hall–Kier alpha value is -1.49. The zero-order valence-corrected chi connectivity index (χ0v) is 12.5. The van der Waals surface area contributed by atoms with E-state index in [2.05, 4.69) is 37.6 Å². The number of hydrogen-bond acceptors (Lipinski definition) is 3. The predicted octanol–water partition coefficient (Wildman–Crippen LogP) is 3.00. The lowest BCUT2D eigenvalue weighted by Gasteiger charge is -2.05. The number of nitrogens with zero attached hydrogens (tertiary/aromatic N) is 2. The van der Waals surface area contributed by atoms with Gasteiger partial charge in [-0.3, -0.25) is 0 Å². The van der Waals surface area contributed by atoms with Gasteiger partial charge in [-0.25, -0.2) is 4.98 Å². The van der Waals surface area contributed by atoms with E-state index in [0.29, 0.717) is 6.79 Å². The van der Waals surface area contributed by atoms with Gasteiger partial charge in [0.2, 0.25) is 6.79 Å². The summed E-state index contributed by atoms with van der Waals surface area (Å²) in [6, 6.07) is 6.12. The molecule has 1 aromatic carbocycles. The molecule has 100 valence electrons. The van der Waals surface area contributed by atoms with Crippen molar-refractivity contribution in [1.82, 2.24) is 9.55 Å². The zero-order chi connectivity index (χ0) is 13.4. The van der Waals surface area contributed by atoms with Crippen LogP contribution in [0.5, 0.6) is 11.5 Å². The standard InChI is InChI=1S/C14H15BrN2O2/c1-9-16-14(15)11(17(9)2)5-3-10-4-6-12-13(7-10)19-8-18-12/h4,6-7H,3,5,8H2,1-2H3. The fourth-order valence-electron chi connectivity index (χ4n) is 2.25. The molecule has 3 rings (SSSR count). The number of halogens is 1. The van der Waals surface area contributed by atoms with E-state index in [1.54, 1.807) is 0 Å². The molecule has 0 N–H and O–H groups in total. The smallest absolute Gasteiger partial charge is 0.231 e. The number of aromatic nitrogens is 2. The van der Waals surface area contributed by atoms with Crippen LogP contribution in [0.4, 0.5) is 0 Å². The molecule has 1 aliphatic heterocycles. The minimum absolute atomic E-state index is 0.325. The summed E-state index contributed by atoms with van der Waals surface area (Å²) >= 11 is 3.51. The maximum absolute atomic E-state index is 5.39. The lowest BCUT2D eigenvalue weighted by Crippen LogP contribution is -2.01. The molecular weight excluding hydrogens is 308 g/mol. The van der Waals surface area contributed by atoms with Gasteiger partial charge < -0.3 is 14.0 Å². The van der Waals surface area contributed by atoms with Gasteiger partial charge in [0.1, 0.15) is 10.4 Å². The minimum Gasteiger partial charge on any atom is -0.454 e. The van der Waals surface area contributed by atoms with Crippen molar-refractivity contribution in [3.05, 3.63) is 39.9 Å². The van der Waals surface area contributed by atoms with Gasteiger partial charge in [-0.1, -0.05) is 6.07 Å². The lowest BCUT2D eigenvalue weighted by atomic mass is 10.1. The molecule has 4 nitrogen and oxygen atoms in total. The molecule has 5 heteroatoms. The maximum atomic E-state index is 5.39. The second-order valence-electron chi connectivity index (χ2n) is 4.64. The Morgan fingerprint density at radius 2 is 2.05 bits per heavy atom. The van der Waals surface area contributed by atoms with Crippen molar-refractivity contribution in [3.63, 3.8) is 0 Å². The first kappa shape index (κ1) is 12.5. The third-order valence-electron chi connectivity index (χ3n) is 3.48. The van der Waals surface area contributed by atoms with Gasteiger partial charge in [-0.2, -0.15) is 0 Å². The topological polar surface area (TPSA) is 36.3 Å². The van der Waals surface area contributed by atoms with E-state index in [-0.39, 0.29) is 0 Å². The van der Waals surface area contributed by atoms with Crippen LogP contribution in [0.2, 0.25) is 0 Å². The van der Waals surface area contributed by atoms with Gasteiger partial charge in [0.15, 0.2) is 11.5 Å². The molecule has 0 fully saturated rings. The molecule has 2 heterocycles. The minimum atomic E-state index is 0.325. The average Bonchev–Trinajstić information content (AvgIpc) is 2.94. The highest BCUT2D eigenvalue weighted by molar-refractivity contribution is 9.10. The van der Waals surface area contributed by atoms with Crippen molar-refractivity contribution < 1.29 is 9.47 Å². The summed E-state index contributed by atoms with van der Waals surface area (Å²) in [5.74, 6) is 2.70. The summed E-state index contributed by atoms with van der Waals surface area (Å²) < 4.78 is 13.8.